The third-order valence-electron chi connectivity index (χ3n) is 3.19. The quantitative estimate of drug-likeness (QED) is 0.834. The lowest BCUT2D eigenvalue weighted by atomic mass is 10.2. The summed E-state index contributed by atoms with van der Waals surface area (Å²) in [6.45, 7) is 8.28. The van der Waals surface area contributed by atoms with Crippen molar-refractivity contribution in [2.24, 2.45) is 0 Å². The number of nitrogens with one attached hydrogen (secondary N) is 2. The molecule has 2 aromatic rings. The maximum atomic E-state index is 12.1. The molecular weight excluding hydrogens is 286 g/mol. The largest absolute Gasteiger partial charge is 0.489 e. The molecule has 1 aromatic heterocycles. The Morgan fingerprint density at radius 1 is 1.43 bits per heavy atom. The standard InChI is InChI=1S/C15H21N3O2S/c1-5-16-14(19)10(4)18-11-7-6-8-12(20-9(2)3)13(11)17-15(18)21/h6-10H,5H2,1-4H3,(H,16,19)(H,17,21). The highest BCUT2D eigenvalue weighted by Gasteiger charge is 2.19. The van der Waals surface area contributed by atoms with Gasteiger partial charge in [-0.3, -0.25) is 4.79 Å². The Labute approximate surface area is 129 Å². The molecule has 114 valence electrons. The molecule has 1 atom stereocenters. The van der Waals surface area contributed by atoms with Gasteiger partial charge in [-0.15, -0.1) is 0 Å². The van der Waals surface area contributed by atoms with Crippen LogP contribution < -0.4 is 10.1 Å². The molecule has 0 fully saturated rings. The molecule has 0 saturated carbocycles. The highest BCUT2D eigenvalue weighted by Crippen LogP contribution is 2.28. The van der Waals surface area contributed by atoms with Crippen molar-refractivity contribution in [1.82, 2.24) is 14.9 Å². The van der Waals surface area contributed by atoms with Crippen molar-refractivity contribution in [1.29, 1.82) is 0 Å². The number of aromatic amines is 1. The minimum Gasteiger partial charge on any atom is -0.489 e. The zero-order chi connectivity index (χ0) is 15.6. The van der Waals surface area contributed by atoms with Crippen LogP contribution in [0.5, 0.6) is 5.75 Å². The second kappa shape index (κ2) is 6.30. The van der Waals surface area contributed by atoms with Gasteiger partial charge in [0.2, 0.25) is 5.91 Å². The second-order valence-corrected chi connectivity index (χ2v) is 5.57. The first-order chi connectivity index (χ1) is 9.95. The summed E-state index contributed by atoms with van der Waals surface area (Å²) in [7, 11) is 0. The first-order valence-electron chi connectivity index (χ1n) is 7.13. The molecule has 21 heavy (non-hydrogen) atoms. The maximum Gasteiger partial charge on any atom is 0.242 e. The number of imidazole rings is 1. The van der Waals surface area contributed by atoms with Crippen molar-refractivity contribution in [2.45, 2.75) is 39.8 Å². The summed E-state index contributed by atoms with van der Waals surface area (Å²) in [5.41, 5.74) is 1.70. The van der Waals surface area contributed by atoms with E-state index in [4.69, 9.17) is 17.0 Å². The average Bonchev–Trinajstić information content (AvgIpc) is 2.75. The molecule has 0 saturated heterocycles. The van der Waals surface area contributed by atoms with Gasteiger partial charge in [-0.25, -0.2) is 0 Å². The summed E-state index contributed by atoms with van der Waals surface area (Å²) in [6.07, 6.45) is 0.0711. The Kier molecular flexibility index (Phi) is 4.67. The van der Waals surface area contributed by atoms with Crippen LogP contribution in [0.1, 0.15) is 33.7 Å². The Bertz CT molecular complexity index is 702. The van der Waals surface area contributed by atoms with E-state index in [1.165, 1.54) is 0 Å². The summed E-state index contributed by atoms with van der Waals surface area (Å²) in [5, 5.41) is 2.82. The lowest BCUT2D eigenvalue weighted by Gasteiger charge is -2.14. The predicted octanol–water partition coefficient (Wildman–Crippen LogP) is 3.18. The lowest BCUT2D eigenvalue weighted by molar-refractivity contribution is -0.123. The third kappa shape index (κ3) is 3.10. The second-order valence-electron chi connectivity index (χ2n) is 5.19. The normalized spacial score (nSPS) is 12.6. The van der Waals surface area contributed by atoms with Crippen molar-refractivity contribution in [3.63, 3.8) is 0 Å². The lowest BCUT2D eigenvalue weighted by Crippen LogP contribution is -2.30. The van der Waals surface area contributed by atoms with Crippen LogP contribution >= 0.6 is 12.2 Å². The molecule has 0 bridgehead atoms. The molecule has 6 heteroatoms. The minimum atomic E-state index is -0.375. The number of nitrogens with zero attached hydrogens (tertiary/aromatic N) is 1. The summed E-state index contributed by atoms with van der Waals surface area (Å²) >= 11 is 5.38. The van der Waals surface area contributed by atoms with Crippen LogP contribution in [0.2, 0.25) is 0 Å². The number of likely N-dealkylation sites (N-methyl/N-ethyl adjacent to an activating group) is 1. The first kappa shape index (κ1) is 15.6. The molecule has 0 spiro atoms. The zero-order valence-electron chi connectivity index (χ0n) is 12.8. The van der Waals surface area contributed by atoms with E-state index in [0.717, 1.165) is 16.8 Å². The maximum absolute atomic E-state index is 12.1. The van der Waals surface area contributed by atoms with Gasteiger partial charge < -0.3 is 19.6 Å². The average molecular weight is 307 g/mol. The summed E-state index contributed by atoms with van der Waals surface area (Å²) in [5.74, 6) is 0.695. The zero-order valence-corrected chi connectivity index (χ0v) is 13.6. The van der Waals surface area contributed by atoms with Gasteiger partial charge in [0.05, 0.1) is 11.6 Å². The molecule has 0 radical (unpaired) electrons. The van der Waals surface area contributed by atoms with Gasteiger partial charge in [0.15, 0.2) is 4.77 Å². The molecule has 0 aliphatic heterocycles. The Morgan fingerprint density at radius 2 is 2.14 bits per heavy atom. The Balaban J connectivity index is 2.53. The van der Waals surface area contributed by atoms with Gasteiger partial charge in [-0.2, -0.15) is 0 Å². The van der Waals surface area contributed by atoms with E-state index in [0.29, 0.717) is 11.3 Å². The molecule has 1 heterocycles. The van der Waals surface area contributed by atoms with E-state index < -0.39 is 0 Å². The number of carbonyl (C=O) groups excluding carboxylic acids is 1. The molecule has 5 nitrogen and oxygen atoms in total. The van der Waals surface area contributed by atoms with Crippen LogP contribution in [0.15, 0.2) is 18.2 Å². The number of para-hydroxylation sites is 1. The number of carbonyl (C=O) groups is 1. The van der Waals surface area contributed by atoms with E-state index >= 15 is 0 Å². The number of hydrogen-bond acceptors (Lipinski definition) is 3. The topological polar surface area (TPSA) is 59.0 Å². The number of H-pyrrole nitrogens is 1. The monoisotopic (exact) mass is 307 g/mol. The number of fused-ring (bicyclic) bond motifs is 1. The fourth-order valence-electron chi connectivity index (χ4n) is 2.30. The van der Waals surface area contributed by atoms with Crippen LogP contribution in [0.25, 0.3) is 11.0 Å². The van der Waals surface area contributed by atoms with Gasteiger partial charge in [0.1, 0.15) is 17.3 Å². The number of benzene rings is 1. The van der Waals surface area contributed by atoms with E-state index in [2.05, 4.69) is 10.3 Å². The molecule has 2 rings (SSSR count). The molecule has 0 aliphatic rings. The highest BCUT2D eigenvalue weighted by atomic mass is 32.1. The number of aromatic nitrogens is 2. The van der Waals surface area contributed by atoms with Crippen molar-refractivity contribution in [2.75, 3.05) is 6.54 Å². The van der Waals surface area contributed by atoms with E-state index in [-0.39, 0.29) is 18.1 Å². The van der Waals surface area contributed by atoms with E-state index in [1.807, 2.05) is 50.5 Å². The molecule has 0 aliphatic carbocycles. The fourth-order valence-corrected chi connectivity index (χ4v) is 2.66. The predicted molar refractivity (Wildman–Crippen MR) is 86.3 cm³/mol. The van der Waals surface area contributed by atoms with E-state index in [9.17, 15) is 4.79 Å². The fraction of sp³-hybridized carbons (Fsp3) is 0.467. The number of rotatable bonds is 5. The van der Waals surface area contributed by atoms with Crippen LogP contribution in [-0.4, -0.2) is 28.1 Å². The summed E-state index contributed by atoms with van der Waals surface area (Å²) < 4.78 is 8.13. The van der Waals surface area contributed by atoms with Crippen LogP contribution in [0.3, 0.4) is 0 Å². The smallest absolute Gasteiger partial charge is 0.242 e. The molecule has 1 amide bonds. The van der Waals surface area contributed by atoms with Crippen molar-refractivity contribution in [3.8, 4) is 5.75 Å². The molecule has 2 N–H and O–H groups in total. The Morgan fingerprint density at radius 3 is 2.76 bits per heavy atom. The SMILES string of the molecule is CCNC(=O)C(C)n1c(=S)[nH]c2c(OC(C)C)cccc21. The van der Waals surface area contributed by atoms with Gasteiger partial charge in [0.25, 0.3) is 0 Å². The molecule has 1 unspecified atom stereocenters. The molecular formula is C15H21N3O2S. The van der Waals surface area contributed by atoms with Crippen molar-refractivity contribution < 1.29 is 9.53 Å². The van der Waals surface area contributed by atoms with Crippen LogP contribution in [-0.2, 0) is 4.79 Å². The van der Waals surface area contributed by atoms with Crippen molar-refractivity contribution in [3.05, 3.63) is 23.0 Å². The van der Waals surface area contributed by atoms with Gasteiger partial charge in [-0.05, 0) is 52.0 Å². The van der Waals surface area contributed by atoms with E-state index in [1.54, 1.807) is 0 Å². The minimum absolute atomic E-state index is 0.0512. The van der Waals surface area contributed by atoms with Crippen molar-refractivity contribution >= 4 is 29.2 Å². The number of hydrogen-bond donors (Lipinski definition) is 2. The Hall–Kier alpha value is -1.82. The molecule has 1 aromatic carbocycles. The third-order valence-corrected chi connectivity index (χ3v) is 3.49. The van der Waals surface area contributed by atoms with Crippen LogP contribution in [0, 0.1) is 4.77 Å². The van der Waals surface area contributed by atoms with Crippen LogP contribution in [0.4, 0.5) is 0 Å². The highest BCUT2D eigenvalue weighted by molar-refractivity contribution is 7.71. The summed E-state index contributed by atoms with van der Waals surface area (Å²) in [4.78, 5) is 15.2. The first-order valence-corrected chi connectivity index (χ1v) is 7.54. The van der Waals surface area contributed by atoms with Gasteiger partial charge in [0, 0.05) is 6.54 Å². The van der Waals surface area contributed by atoms with Gasteiger partial charge >= 0.3 is 0 Å². The number of amides is 1. The number of ether oxygens (including phenoxy) is 1. The van der Waals surface area contributed by atoms with Gasteiger partial charge in [-0.1, -0.05) is 6.07 Å². The summed E-state index contributed by atoms with van der Waals surface area (Å²) in [6, 6.07) is 5.36.